The van der Waals surface area contributed by atoms with Crippen LogP contribution in [0.3, 0.4) is 0 Å². The van der Waals surface area contributed by atoms with Crippen LogP contribution in [0.2, 0.25) is 5.02 Å². The Morgan fingerprint density at radius 1 is 1.45 bits per heavy atom. The number of anilines is 1. The predicted molar refractivity (Wildman–Crippen MR) is 78.2 cm³/mol. The Morgan fingerprint density at radius 2 is 2.20 bits per heavy atom. The quantitative estimate of drug-likeness (QED) is 0.897. The van der Waals surface area contributed by atoms with E-state index >= 15 is 0 Å². The molecular weight excluding hydrogens is 302 g/mol. The molecule has 1 aromatic carbocycles. The highest BCUT2D eigenvalue weighted by Crippen LogP contribution is 2.27. The number of thioether (sulfide) groups is 1. The fraction of sp³-hybridized carbons (Fsp3) is 0.231. The monoisotopic (exact) mass is 313 g/mol. The first kappa shape index (κ1) is 14.7. The summed E-state index contributed by atoms with van der Waals surface area (Å²) >= 11 is 7.27. The molecule has 1 aliphatic rings. The molecule has 0 aliphatic carbocycles. The van der Waals surface area contributed by atoms with E-state index in [1.54, 1.807) is 6.92 Å². The van der Waals surface area contributed by atoms with Gasteiger partial charge in [-0.3, -0.25) is 4.79 Å². The maximum absolute atomic E-state index is 12.1. The van der Waals surface area contributed by atoms with Gasteiger partial charge in [0, 0.05) is 11.4 Å². The van der Waals surface area contributed by atoms with Gasteiger partial charge in [-0.15, -0.1) is 11.8 Å². The number of carboxylic acid groups (broad SMARTS) is 1. The van der Waals surface area contributed by atoms with E-state index in [0.717, 1.165) is 5.75 Å². The van der Waals surface area contributed by atoms with Crippen LogP contribution in [0.1, 0.15) is 17.3 Å². The number of benzene rings is 1. The van der Waals surface area contributed by atoms with Crippen LogP contribution >= 0.6 is 23.4 Å². The van der Waals surface area contributed by atoms with Crippen LogP contribution in [-0.4, -0.2) is 29.3 Å². The van der Waals surface area contributed by atoms with Gasteiger partial charge in [-0.2, -0.15) is 0 Å². The van der Waals surface area contributed by atoms with Gasteiger partial charge in [-0.05, 0) is 25.1 Å². The highest BCUT2D eigenvalue weighted by molar-refractivity contribution is 8.04. The Bertz CT molecular complexity index is 600. The van der Waals surface area contributed by atoms with E-state index in [1.807, 2.05) is 0 Å². The molecule has 2 rings (SSSR count). The van der Waals surface area contributed by atoms with Crippen molar-refractivity contribution in [3.05, 3.63) is 39.4 Å². The van der Waals surface area contributed by atoms with Gasteiger partial charge in [0.2, 0.25) is 0 Å². The summed E-state index contributed by atoms with van der Waals surface area (Å²) in [5.41, 5.74) is 0.437. The van der Waals surface area contributed by atoms with E-state index < -0.39 is 5.97 Å². The summed E-state index contributed by atoms with van der Waals surface area (Å²) in [7, 11) is 0. The molecule has 0 radical (unpaired) electrons. The number of hydrogen-bond donors (Lipinski definition) is 2. The standard InChI is InChI=1S/C13H12ClNO4S/c1-7-11(20-5-4-19-7)12(16)15-8-2-3-9(13(17)18)10(14)6-8/h2-3,6H,4-5H2,1H3,(H,15,16)(H,17,18). The Kier molecular flexibility index (Phi) is 4.57. The SMILES string of the molecule is CC1=C(C(=O)Nc2ccc(C(=O)O)c(Cl)c2)SCCO1. The highest BCUT2D eigenvalue weighted by Gasteiger charge is 2.19. The molecule has 0 saturated heterocycles. The van der Waals surface area contributed by atoms with Gasteiger partial charge in [0.25, 0.3) is 5.91 Å². The first-order valence-electron chi connectivity index (χ1n) is 5.79. The maximum Gasteiger partial charge on any atom is 0.337 e. The highest BCUT2D eigenvalue weighted by atomic mass is 35.5. The number of allylic oxidation sites excluding steroid dienone is 1. The zero-order valence-corrected chi connectivity index (χ0v) is 12.2. The average molecular weight is 314 g/mol. The van der Waals surface area contributed by atoms with Gasteiger partial charge >= 0.3 is 5.97 Å². The maximum atomic E-state index is 12.1. The number of ether oxygens (including phenoxy) is 1. The van der Waals surface area contributed by atoms with Crippen molar-refractivity contribution in [1.82, 2.24) is 0 Å². The normalized spacial score (nSPS) is 14.7. The lowest BCUT2D eigenvalue weighted by atomic mass is 10.2. The second-order valence-electron chi connectivity index (χ2n) is 4.04. The first-order valence-corrected chi connectivity index (χ1v) is 7.16. The van der Waals surface area contributed by atoms with Crippen LogP contribution in [0.15, 0.2) is 28.9 Å². The van der Waals surface area contributed by atoms with E-state index in [9.17, 15) is 9.59 Å². The van der Waals surface area contributed by atoms with Crippen molar-refractivity contribution in [1.29, 1.82) is 0 Å². The molecule has 5 nitrogen and oxygen atoms in total. The van der Waals surface area contributed by atoms with E-state index in [2.05, 4.69) is 5.32 Å². The van der Waals surface area contributed by atoms with Crippen LogP contribution in [0.4, 0.5) is 5.69 Å². The third kappa shape index (κ3) is 3.26. The molecule has 0 bridgehead atoms. The number of carboxylic acids is 1. The van der Waals surface area contributed by atoms with E-state index in [-0.39, 0.29) is 16.5 Å². The number of carbonyl (C=O) groups is 2. The lowest BCUT2D eigenvalue weighted by molar-refractivity contribution is -0.112. The topological polar surface area (TPSA) is 75.6 Å². The summed E-state index contributed by atoms with van der Waals surface area (Å²) < 4.78 is 5.32. The Balaban J connectivity index is 2.16. The summed E-state index contributed by atoms with van der Waals surface area (Å²) in [5, 5.41) is 11.6. The smallest absolute Gasteiger partial charge is 0.337 e. The minimum Gasteiger partial charge on any atom is -0.496 e. The molecule has 1 amide bonds. The minimum atomic E-state index is -1.11. The fourth-order valence-corrected chi connectivity index (χ4v) is 2.76. The third-order valence-electron chi connectivity index (χ3n) is 2.63. The van der Waals surface area contributed by atoms with Gasteiger partial charge in [0.05, 0.1) is 17.2 Å². The predicted octanol–water partition coefficient (Wildman–Crippen LogP) is 2.97. The molecule has 20 heavy (non-hydrogen) atoms. The van der Waals surface area contributed by atoms with Crippen molar-refractivity contribution in [2.24, 2.45) is 0 Å². The van der Waals surface area contributed by atoms with Crippen LogP contribution in [0.5, 0.6) is 0 Å². The second kappa shape index (κ2) is 6.19. The number of carbonyl (C=O) groups excluding carboxylic acids is 1. The Morgan fingerprint density at radius 3 is 2.80 bits per heavy atom. The number of aromatic carboxylic acids is 1. The fourth-order valence-electron chi connectivity index (χ4n) is 1.69. The average Bonchev–Trinajstić information content (AvgIpc) is 2.38. The molecule has 106 valence electrons. The Labute approximate surface area is 124 Å². The van der Waals surface area contributed by atoms with Crippen LogP contribution in [-0.2, 0) is 9.53 Å². The molecule has 0 unspecified atom stereocenters. The lowest BCUT2D eigenvalue weighted by Gasteiger charge is -2.17. The van der Waals surface area contributed by atoms with Crippen molar-refractivity contribution in [3.8, 4) is 0 Å². The van der Waals surface area contributed by atoms with Crippen molar-refractivity contribution in [2.75, 3.05) is 17.7 Å². The molecule has 1 aromatic rings. The number of halogens is 1. The van der Waals surface area contributed by atoms with E-state index in [0.29, 0.717) is 23.0 Å². The van der Waals surface area contributed by atoms with Crippen LogP contribution in [0.25, 0.3) is 0 Å². The molecule has 1 aliphatic heterocycles. The van der Waals surface area contributed by atoms with Crippen LogP contribution in [0, 0.1) is 0 Å². The lowest BCUT2D eigenvalue weighted by Crippen LogP contribution is -2.18. The Hall–Kier alpha value is -1.66. The first-order chi connectivity index (χ1) is 9.49. The summed E-state index contributed by atoms with van der Waals surface area (Å²) in [6, 6.07) is 4.26. The van der Waals surface area contributed by atoms with Gasteiger partial charge in [-0.1, -0.05) is 11.6 Å². The largest absolute Gasteiger partial charge is 0.496 e. The van der Waals surface area contributed by atoms with Gasteiger partial charge in [0.15, 0.2) is 0 Å². The second-order valence-corrected chi connectivity index (χ2v) is 5.55. The number of hydrogen-bond acceptors (Lipinski definition) is 4. The van der Waals surface area contributed by atoms with Crippen molar-refractivity contribution in [3.63, 3.8) is 0 Å². The zero-order chi connectivity index (χ0) is 14.7. The zero-order valence-electron chi connectivity index (χ0n) is 10.6. The molecule has 7 heteroatoms. The molecule has 0 fully saturated rings. The molecular formula is C13H12ClNO4S. The number of nitrogens with one attached hydrogen (secondary N) is 1. The van der Waals surface area contributed by atoms with Crippen LogP contribution < -0.4 is 5.32 Å². The third-order valence-corrected chi connectivity index (χ3v) is 4.08. The van der Waals surface area contributed by atoms with Crippen molar-refractivity contribution in [2.45, 2.75) is 6.92 Å². The molecule has 2 N–H and O–H groups in total. The number of amides is 1. The summed E-state index contributed by atoms with van der Waals surface area (Å²) in [4.78, 5) is 23.4. The minimum absolute atomic E-state index is 0.00423. The molecule has 0 spiro atoms. The summed E-state index contributed by atoms with van der Waals surface area (Å²) in [5.74, 6) is -0.0836. The molecule has 0 aromatic heterocycles. The van der Waals surface area contributed by atoms with Crippen molar-refractivity contribution < 1.29 is 19.4 Å². The van der Waals surface area contributed by atoms with E-state index in [1.165, 1.54) is 30.0 Å². The van der Waals surface area contributed by atoms with Gasteiger partial charge in [0.1, 0.15) is 10.7 Å². The van der Waals surface area contributed by atoms with Gasteiger partial charge < -0.3 is 15.2 Å². The van der Waals surface area contributed by atoms with Crippen molar-refractivity contribution >= 4 is 40.9 Å². The molecule has 1 heterocycles. The summed E-state index contributed by atoms with van der Waals surface area (Å²) in [6.07, 6.45) is 0. The molecule has 0 atom stereocenters. The van der Waals surface area contributed by atoms with E-state index in [4.69, 9.17) is 21.4 Å². The summed E-state index contributed by atoms with van der Waals surface area (Å²) in [6.45, 7) is 2.33. The number of rotatable bonds is 3. The molecule has 0 saturated carbocycles. The van der Waals surface area contributed by atoms with Gasteiger partial charge in [-0.25, -0.2) is 4.79 Å².